The summed E-state index contributed by atoms with van der Waals surface area (Å²) in [5, 5.41) is 5.11. The number of hydrogen-bond donors (Lipinski definition) is 2. The first-order valence-electron chi connectivity index (χ1n) is 7.03. The molecule has 1 heterocycles. The fraction of sp³-hybridized carbons (Fsp3) is 0.533. The number of hydrogen-bond acceptors (Lipinski definition) is 5. The van der Waals surface area contributed by atoms with E-state index in [0.717, 1.165) is 5.82 Å². The third kappa shape index (κ3) is 5.99. The molecule has 0 radical (unpaired) electrons. The van der Waals surface area contributed by atoms with Gasteiger partial charge in [0.25, 0.3) is 0 Å². The van der Waals surface area contributed by atoms with E-state index < -0.39 is 23.6 Å². The molecule has 22 heavy (non-hydrogen) atoms. The number of ether oxygens (including phenoxy) is 1. The van der Waals surface area contributed by atoms with Crippen LogP contribution in [0.4, 0.5) is 16.4 Å². The second-order valence-corrected chi connectivity index (χ2v) is 6.13. The fourth-order valence-corrected chi connectivity index (χ4v) is 1.54. The normalized spacial score (nSPS) is 12.3. The predicted molar refractivity (Wildman–Crippen MR) is 86.0 cm³/mol. The molecule has 1 rings (SSSR count). The average Bonchev–Trinajstić information content (AvgIpc) is 2.36. The topological polar surface area (TPSA) is 83.6 Å². The molecular weight excluding hydrogens is 284 g/mol. The minimum atomic E-state index is -0.753. The average molecular weight is 308 g/mol. The first-order valence-corrected chi connectivity index (χ1v) is 7.03. The van der Waals surface area contributed by atoms with E-state index in [9.17, 15) is 9.59 Å². The lowest BCUT2D eigenvalue weighted by molar-refractivity contribution is -0.156. The summed E-state index contributed by atoms with van der Waals surface area (Å²) in [6, 6.07) is 4.02. The van der Waals surface area contributed by atoms with Crippen LogP contribution in [-0.4, -0.2) is 42.7 Å². The van der Waals surface area contributed by atoms with Crippen LogP contribution in [0.1, 0.15) is 27.7 Å². The number of nitrogens with zero attached hydrogens (tertiary/aromatic N) is 2. The van der Waals surface area contributed by atoms with E-state index in [0.29, 0.717) is 5.82 Å². The Kier molecular flexibility index (Phi) is 5.73. The Morgan fingerprint density at radius 2 is 1.91 bits per heavy atom. The third-order valence-electron chi connectivity index (χ3n) is 2.54. The van der Waals surface area contributed by atoms with Gasteiger partial charge in [-0.05, 0) is 39.8 Å². The molecule has 0 unspecified atom stereocenters. The van der Waals surface area contributed by atoms with Crippen molar-refractivity contribution in [1.29, 1.82) is 0 Å². The van der Waals surface area contributed by atoms with Gasteiger partial charge in [-0.2, -0.15) is 0 Å². The van der Waals surface area contributed by atoms with Gasteiger partial charge < -0.3 is 15.0 Å². The maximum Gasteiger partial charge on any atom is 0.328 e. The van der Waals surface area contributed by atoms with Crippen LogP contribution in [0.5, 0.6) is 0 Å². The van der Waals surface area contributed by atoms with Gasteiger partial charge in [-0.15, -0.1) is 0 Å². The second kappa shape index (κ2) is 7.11. The van der Waals surface area contributed by atoms with E-state index in [1.54, 1.807) is 39.8 Å². The standard InChI is InChI=1S/C15H24N4O3/c1-10(13(20)22-15(2,3)4)16-14(21)18-11-8-7-9-12(17-11)19(5)6/h7-10H,1-6H3,(H2,16,17,18,21)/t10-/m0/s1. The van der Waals surface area contributed by atoms with E-state index in [-0.39, 0.29) is 0 Å². The van der Waals surface area contributed by atoms with Crippen LogP contribution < -0.4 is 15.5 Å². The zero-order chi connectivity index (χ0) is 16.9. The summed E-state index contributed by atoms with van der Waals surface area (Å²) in [4.78, 5) is 29.8. The minimum absolute atomic E-state index is 0.403. The molecule has 0 aliphatic carbocycles. The monoisotopic (exact) mass is 308 g/mol. The molecule has 1 atom stereocenters. The van der Waals surface area contributed by atoms with Gasteiger partial charge in [0, 0.05) is 14.1 Å². The molecule has 2 amide bonds. The number of urea groups is 1. The van der Waals surface area contributed by atoms with Gasteiger partial charge >= 0.3 is 12.0 Å². The molecule has 122 valence electrons. The maximum absolute atomic E-state index is 11.9. The zero-order valence-corrected chi connectivity index (χ0v) is 13.9. The lowest BCUT2D eigenvalue weighted by Gasteiger charge is -2.22. The quantitative estimate of drug-likeness (QED) is 0.831. The molecule has 0 saturated carbocycles. The summed E-state index contributed by atoms with van der Waals surface area (Å²) in [5.41, 5.74) is -0.592. The van der Waals surface area contributed by atoms with Crippen molar-refractivity contribution in [3.8, 4) is 0 Å². The maximum atomic E-state index is 11.9. The Morgan fingerprint density at radius 1 is 1.27 bits per heavy atom. The van der Waals surface area contributed by atoms with Crippen LogP contribution in [-0.2, 0) is 9.53 Å². The van der Waals surface area contributed by atoms with Crippen LogP contribution >= 0.6 is 0 Å². The summed E-state index contributed by atoms with van der Waals surface area (Å²) < 4.78 is 5.20. The van der Waals surface area contributed by atoms with E-state index in [1.807, 2.05) is 25.1 Å². The Morgan fingerprint density at radius 3 is 2.45 bits per heavy atom. The molecule has 0 spiro atoms. The summed E-state index contributed by atoms with van der Waals surface area (Å²) in [7, 11) is 3.72. The number of nitrogens with one attached hydrogen (secondary N) is 2. The Balaban J connectivity index is 2.59. The summed E-state index contributed by atoms with van der Waals surface area (Å²) in [6.45, 7) is 6.88. The highest BCUT2D eigenvalue weighted by molar-refractivity contribution is 5.91. The largest absolute Gasteiger partial charge is 0.458 e. The van der Waals surface area contributed by atoms with Crippen LogP contribution in [0.15, 0.2) is 18.2 Å². The van der Waals surface area contributed by atoms with Crippen molar-refractivity contribution in [2.45, 2.75) is 39.3 Å². The molecule has 1 aromatic heterocycles. The van der Waals surface area contributed by atoms with E-state index in [2.05, 4.69) is 15.6 Å². The molecular formula is C15H24N4O3. The Labute approximate surface area is 131 Å². The van der Waals surface area contributed by atoms with Crippen LogP contribution in [0.3, 0.4) is 0 Å². The van der Waals surface area contributed by atoms with Gasteiger partial charge in [0.1, 0.15) is 23.3 Å². The van der Waals surface area contributed by atoms with Crippen molar-refractivity contribution in [1.82, 2.24) is 10.3 Å². The predicted octanol–water partition coefficient (Wildman–Crippen LogP) is 2.00. The molecule has 7 nitrogen and oxygen atoms in total. The summed E-state index contributed by atoms with van der Waals surface area (Å²) in [6.07, 6.45) is 0. The Hall–Kier alpha value is -2.31. The van der Waals surface area contributed by atoms with Crippen molar-refractivity contribution in [3.05, 3.63) is 18.2 Å². The van der Waals surface area contributed by atoms with Crippen LogP contribution in [0.25, 0.3) is 0 Å². The van der Waals surface area contributed by atoms with Gasteiger partial charge in [0.2, 0.25) is 0 Å². The van der Waals surface area contributed by atoms with Gasteiger partial charge in [-0.25, -0.2) is 14.6 Å². The lowest BCUT2D eigenvalue weighted by Crippen LogP contribution is -2.44. The van der Waals surface area contributed by atoms with Gasteiger partial charge in [-0.3, -0.25) is 5.32 Å². The van der Waals surface area contributed by atoms with Gasteiger partial charge in [-0.1, -0.05) is 6.07 Å². The number of anilines is 2. The van der Waals surface area contributed by atoms with Crippen molar-refractivity contribution in [3.63, 3.8) is 0 Å². The van der Waals surface area contributed by atoms with Crippen molar-refractivity contribution in [2.24, 2.45) is 0 Å². The molecule has 0 saturated heterocycles. The molecule has 2 N–H and O–H groups in total. The zero-order valence-electron chi connectivity index (χ0n) is 13.9. The smallest absolute Gasteiger partial charge is 0.328 e. The molecule has 0 fully saturated rings. The number of aromatic nitrogens is 1. The number of carbonyl (C=O) groups is 2. The summed E-state index contributed by atoms with van der Waals surface area (Å²) in [5.74, 6) is 0.635. The summed E-state index contributed by atoms with van der Waals surface area (Å²) >= 11 is 0. The highest BCUT2D eigenvalue weighted by atomic mass is 16.6. The van der Waals surface area contributed by atoms with Crippen molar-refractivity contribution >= 4 is 23.6 Å². The molecule has 0 aromatic carbocycles. The molecule has 0 aliphatic rings. The second-order valence-electron chi connectivity index (χ2n) is 6.13. The van der Waals surface area contributed by atoms with E-state index in [4.69, 9.17) is 4.74 Å². The van der Waals surface area contributed by atoms with Crippen molar-refractivity contribution in [2.75, 3.05) is 24.3 Å². The minimum Gasteiger partial charge on any atom is -0.458 e. The molecule has 1 aromatic rings. The third-order valence-corrected chi connectivity index (χ3v) is 2.54. The molecule has 0 aliphatic heterocycles. The SMILES string of the molecule is C[C@H](NC(=O)Nc1cccc(N(C)C)n1)C(=O)OC(C)(C)C. The lowest BCUT2D eigenvalue weighted by atomic mass is 10.2. The van der Waals surface area contributed by atoms with Crippen LogP contribution in [0, 0.1) is 0 Å². The number of rotatable bonds is 4. The highest BCUT2D eigenvalue weighted by Crippen LogP contribution is 2.11. The van der Waals surface area contributed by atoms with Gasteiger partial charge in [0.05, 0.1) is 0 Å². The van der Waals surface area contributed by atoms with Crippen LogP contribution in [0.2, 0.25) is 0 Å². The highest BCUT2D eigenvalue weighted by Gasteiger charge is 2.23. The first kappa shape index (κ1) is 17.7. The number of pyridine rings is 1. The van der Waals surface area contributed by atoms with E-state index in [1.165, 1.54) is 0 Å². The van der Waals surface area contributed by atoms with Crippen molar-refractivity contribution < 1.29 is 14.3 Å². The molecule has 0 bridgehead atoms. The Bertz CT molecular complexity index is 538. The molecule has 7 heteroatoms. The number of esters is 1. The first-order chi connectivity index (χ1) is 10.1. The number of amides is 2. The fourth-order valence-electron chi connectivity index (χ4n) is 1.54. The number of carbonyl (C=O) groups excluding carboxylic acids is 2. The van der Waals surface area contributed by atoms with E-state index >= 15 is 0 Å². The van der Waals surface area contributed by atoms with Gasteiger partial charge in [0.15, 0.2) is 0 Å².